The lowest BCUT2D eigenvalue weighted by atomic mass is 10.1. The van der Waals surface area contributed by atoms with Crippen molar-refractivity contribution in [3.8, 4) is 0 Å². The van der Waals surface area contributed by atoms with Crippen LogP contribution in [0.1, 0.15) is 39.0 Å². The molecule has 0 spiro atoms. The van der Waals surface area contributed by atoms with E-state index in [-0.39, 0.29) is 18.9 Å². The zero-order chi connectivity index (χ0) is 15.8. The topological polar surface area (TPSA) is 90.0 Å². The normalized spacial score (nSPS) is 16.2. The van der Waals surface area contributed by atoms with Gasteiger partial charge in [-0.05, 0) is 25.7 Å². The first-order valence-electron chi connectivity index (χ1n) is 7.48. The SMILES string of the molecule is CCC(C(=O)O)N(C)C(=O)NCCC(=O)N1CCCCC1. The number of aliphatic carboxylic acids is 1. The number of likely N-dealkylation sites (tertiary alicyclic amines) is 1. The van der Waals surface area contributed by atoms with Crippen LogP contribution in [0, 0.1) is 0 Å². The maximum absolute atomic E-state index is 11.9. The van der Waals surface area contributed by atoms with Gasteiger partial charge in [0.1, 0.15) is 6.04 Å². The largest absolute Gasteiger partial charge is 0.480 e. The number of carbonyl (C=O) groups is 3. The predicted molar refractivity (Wildman–Crippen MR) is 77.9 cm³/mol. The summed E-state index contributed by atoms with van der Waals surface area (Å²) in [6.07, 6.45) is 3.84. The van der Waals surface area contributed by atoms with Crippen LogP contribution in [0.25, 0.3) is 0 Å². The molecule has 1 aliphatic heterocycles. The van der Waals surface area contributed by atoms with Crippen LogP contribution in [0.5, 0.6) is 0 Å². The molecule has 0 radical (unpaired) electrons. The van der Waals surface area contributed by atoms with E-state index >= 15 is 0 Å². The maximum Gasteiger partial charge on any atom is 0.326 e. The van der Waals surface area contributed by atoms with E-state index in [1.807, 2.05) is 4.90 Å². The van der Waals surface area contributed by atoms with Crippen LogP contribution >= 0.6 is 0 Å². The Balaban J connectivity index is 2.32. The van der Waals surface area contributed by atoms with Gasteiger partial charge in [-0.25, -0.2) is 9.59 Å². The van der Waals surface area contributed by atoms with E-state index in [1.165, 1.54) is 13.5 Å². The van der Waals surface area contributed by atoms with Crippen LogP contribution in [-0.2, 0) is 9.59 Å². The van der Waals surface area contributed by atoms with E-state index in [2.05, 4.69) is 5.32 Å². The number of carbonyl (C=O) groups excluding carboxylic acids is 2. The highest BCUT2D eigenvalue weighted by Gasteiger charge is 2.24. The molecule has 1 aliphatic rings. The van der Waals surface area contributed by atoms with Gasteiger partial charge in [0, 0.05) is 33.1 Å². The highest BCUT2D eigenvalue weighted by atomic mass is 16.4. The fourth-order valence-electron chi connectivity index (χ4n) is 2.46. The van der Waals surface area contributed by atoms with Crippen LogP contribution in [0.4, 0.5) is 4.79 Å². The van der Waals surface area contributed by atoms with E-state index in [0.29, 0.717) is 6.42 Å². The van der Waals surface area contributed by atoms with Gasteiger partial charge < -0.3 is 20.2 Å². The minimum Gasteiger partial charge on any atom is -0.480 e. The Morgan fingerprint density at radius 2 is 1.86 bits per heavy atom. The highest BCUT2D eigenvalue weighted by molar-refractivity contribution is 5.83. The third-order valence-corrected chi connectivity index (χ3v) is 3.78. The number of nitrogens with one attached hydrogen (secondary N) is 1. The maximum atomic E-state index is 11.9. The number of piperidine rings is 1. The molecule has 0 aromatic heterocycles. The molecule has 0 aromatic carbocycles. The number of amides is 3. The minimum atomic E-state index is -1.03. The number of urea groups is 1. The van der Waals surface area contributed by atoms with Crippen molar-refractivity contribution in [1.29, 1.82) is 0 Å². The summed E-state index contributed by atoms with van der Waals surface area (Å²) in [6.45, 7) is 3.53. The summed E-state index contributed by atoms with van der Waals surface area (Å²) >= 11 is 0. The van der Waals surface area contributed by atoms with Crippen molar-refractivity contribution >= 4 is 17.9 Å². The van der Waals surface area contributed by atoms with E-state index in [0.717, 1.165) is 30.8 Å². The molecule has 2 N–H and O–H groups in total. The molecule has 1 heterocycles. The quantitative estimate of drug-likeness (QED) is 0.762. The summed E-state index contributed by atoms with van der Waals surface area (Å²) in [6, 6.07) is -1.31. The Bertz CT molecular complexity index is 380. The fraction of sp³-hybridized carbons (Fsp3) is 0.786. The number of carboxylic acid groups (broad SMARTS) is 1. The lowest BCUT2D eigenvalue weighted by Crippen LogP contribution is -2.47. The predicted octanol–water partition coefficient (Wildman–Crippen LogP) is 0.894. The number of hydrogen-bond donors (Lipinski definition) is 2. The van der Waals surface area contributed by atoms with Gasteiger partial charge in [-0.2, -0.15) is 0 Å². The van der Waals surface area contributed by atoms with Gasteiger partial charge >= 0.3 is 12.0 Å². The highest BCUT2D eigenvalue weighted by Crippen LogP contribution is 2.09. The Kier molecular flexibility index (Phi) is 6.98. The molecule has 1 atom stereocenters. The summed E-state index contributed by atoms with van der Waals surface area (Å²) in [5.41, 5.74) is 0. The molecular weight excluding hydrogens is 274 g/mol. The van der Waals surface area contributed by atoms with Crippen molar-refractivity contribution in [1.82, 2.24) is 15.1 Å². The molecule has 0 aromatic rings. The zero-order valence-corrected chi connectivity index (χ0v) is 12.8. The molecule has 3 amide bonds. The molecule has 21 heavy (non-hydrogen) atoms. The number of carboxylic acids is 1. The zero-order valence-electron chi connectivity index (χ0n) is 12.8. The second-order valence-electron chi connectivity index (χ2n) is 5.30. The lowest BCUT2D eigenvalue weighted by molar-refractivity contribution is -0.142. The van der Waals surface area contributed by atoms with Crippen molar-refractivity contribution in [2.45, 2.75) is 45.1 Å². The average Bonchev–Trinajstić information content (AvgIpc) is 2.48. The van der Waals surface area contributed by atoms with Gasteiger partial charge in [0.25, 0.3) is 0 Å². The Morgan fingerprint density at radius 1 is 1.24 bits per heavy atom. The summed E-state index contributed by atoms with van der Waals surface area (Å²) in [5, 5.41) is 11.6. The second kappa shape index (κ2) is 8.49. The molecule has 1 saturated heterocycles. The van der Waals surface area contributed by atoms with Crippen molar-refractivity contribution in [2.75, 3.05) is 26.7 Å². The first-order chi connectivity index (χ1) is 9.97. The van der Waals surface area contributed by atoms with Crippen LogP contribution in [0.2, 0.25) is 0 Å². The average molecular weight is 299 g/mol. The molecule has 1 rings (SSSR count). The summed E-state index contributed by atoms with van der Waals surface area (Å²) in [7, 11) is 1.45. The minimum absolute atomic E-state index is 0.0444. The Labute approximate surface area is 125 Å². The molecule has 1 fully saturated rings. The van der Waals surface area contributed by atoms with E-state index in [9.17, 15) is 14.4 Å². The smallest absolute Gasteiger partial charge is 0.326 e. The standard InChI is InChI=1S/C14H25N3O4/c1-3-11(13(19)20)16(2)14(21)15-8-7-12(18)17-9-5-4-6-10-17/h11H,3-10H2,1-2H3,(H,15,21)(H,19,20). The summed E-state index contributed by atoms with van der Waals surface area (Å²) in [4.78, 5) is 37.7. The van der Waals surface area contributed by atoms with E-state index < -0.39 is 18.0 Å². The van der Waals surface area contributed by atoms with Crippen LogP contribution in [0.3, 0.4) is 0 Å². The fourth-order valence-corrected chi connectivity index (χ4v) is 2.46. The molecule has 7 nitrogen and oxygen atoms in total. The molecule has 1 unspecified atom stereocenters. The summed E-state index contributed by atoms with van der Waals surface area (Å²) in [5.74, 6) is -0.984. The van der Waals surface area contributed by atoms with Crippen LogP contribution in [0.15, 0.2) is 0 Å². The Hall–Kier alpha value is -1.79. The molecule has 0 aliphatic carbocycles. The van der Waals surface area contributed by atoms with Crippen LogP contribution < -0.4 is 5.32 Å². The van der Waals surface area contributed by atoms with Gasteiger partial charge in [0.05, 0.1) is 0 Å². The number of nitrogens with zero attached hydrogens (tertiary/aromatic N) is 2. The first-order valence-corrected chi connectivity index (χ1v) is 7.48. The van der Waals surface area contributed by atoms with Crippen molar-refractivity contribution < 1.29 is 19.5 Å². The summed E-state index contributed by atoms with van der Waals surface area (Å²) < 4.78 is 0. The molecule has 120 valence electrons. The van der Waals surface area contributed by atoms with Crippen LogP contribution in [-0.4, -0.2) is 65.5 Å². The third kappa shape index (κ3) is 5.24. The third-order valence-electron chi connectivity index (χ3n) is 3.78. The van der Waals surface area contributed by atoms with Gasteiger partial charge in [-0.15, -0.1) is 0 Å². The van der Waals surface area contributed by atoms with Crippen molar-refractivity contribution in [3.05, 3.63) is 0 Å². The number of rotatable bonds is 6. The van der Waals surface area contributed by atoms with E-state index in [1.54, 1.807) is 6.92 Å². The lowest BCUT2D eigenvalue weighted by Gasteiger charge is -2.27. The molecular formula is C14H25N3O4. The van der Waals surface area contributed by atoms with Crippen molar-refractivity contribution in [2.24, 2.45) is 0 Å². The first kappa shape index (κ1) is 17.3. The van der Waals surface area contributed by atoms with Gasteiger partial charge in [-0.1, -0.05) is 6.92 Å². The molecule has 7 heteroatoms. The van der Waals surface area contributed by atoms with Gasteiger partial charge in [0.15, 0.2) is 0 Å². The number of likely N-dealkylation sites (N-methyl/N-ethyl adjacent to an activating group) is 1. The molecule has 0 saturated carbocycles. The van der Waals surface area contributed by atoms with Crippen molar-refractivity contribution in [3.63, 3.8) is 0 Å². The second-order valence-corrected chi connectivity index (χ2v) is 5.30. The molecule has 0 bridgehead atoms. The van der Waals surface area contributed by atoms with Gasteiger partial charge in [0.2, 0.25) is 5.91 Å². The number of hydrogen-bond acceptors (Lipinski definition) is 3. The monoisotopic (exact) mass is 299 g/mol. The Morgan fingerprint density at radius 3 is 2.38 bits per heavy atom. The van der Waals surface area contributed by atoms with E-state index in [4.69, 9.17) is 5.11 Å². The van der Waals surface area contributed by atoms with Gasteiger partial charge in [-0.3, -0.25) is 4.79 Å².